The van der Waals surface area contributed by atoms with E-state index < -0.39 is 5.92 Å². The van der Waals surface area contributed by atoms with E-state index in [2.05, 4.69) is 5.32 Å². The lowest BCUT2D eigenvalue weighted by molar-refractivity contribution is -0.123. The molecule has 0 aliphatic carbocycles. The van der Waals surface area contributed by atoms with Crippen molar-refractivity contribution in [1.82, 2.24) is 5.32 Å². The van der Waals surface area contributed by atoms with Gasteiger partial charge in [0.15, 0.2) is 0 Å². The van der Waals surface area contributed by atoms with Crippen molar-refractivity contribution in [3.8, 4) is 6.07 Å². The first-order chi connectivity index (χ1) is 7.45. The number of nitriles is 1. The molecule has 0 bridgehead atoms. The average molecular weight is 220 g/mol. The van der Waals surface area contributed by atoms with Crippen LogP contribution in [0.5, 0.6) is 0 Å². The van der Waals surface area contributed by atoms with E-state index in [1.807, 2.05) is 32.9 Å². The zero-order valence-electron chi connectivity index (χ0n) is 10.00. The van der Waals surface area contributed by atoms with Gasteiger partial charge >= 0.3 is 0 Å². The van der Waals surface area contributed by atoms with Gasteiger partial charge in [-0.2, -0.15) is 5.26 Å². The van der Waals surface area contributed by atoms with Crippen LogP contribution in [0.25, 0.3) is 0 Å². The summed E-state index contributed by atoms with van der Waals surface area (Å²) in [6.07, 6.45) is 0. The van der Waals surface area contributed by atoms with Crippen LogP contribution in [0, 0.1) is 31.1 Å². The Morgan fingerprint density at radius 1 is 1.50 bits per heavy atom. The van der Waals surface area contributed by atoms with Gasteiger partial charge in [0.25, 0.3) is 0 Å². The minimum Gasteiger partial charge on any atom is -0.466 e. The topological polar surface area (TPSA) is 66.0 Å². The molecule has 0 aliphatic heterocycles. The summed E-state index contributed by atoms with van der Waals surface area (Å²) < 4.78 is 5.39. The molecule has 0 radical (unpaired) electrons. The third-order valence-corrected chi connectivity index (χ3v) is 2.49. The van der Waals surface area contributed by atoms with Crippen molar-refractivity contribution < 1.29 is 9.21 Å². The Balaban J connectivity index is 2.73. The van der Waals surface area contributed by atoms with E-state index in [1.54, 1.807) is 6.92 Å². The van der Waals surface area contributed by atoms with E-state index in [-0.39, 0.29) is 11.9 Å². The van der Waals surface area contributed by atoms with Crippen LogP contribution in [0.1, 0.15) is 37.0 Å². The molecule has 1 amide bonds. The van der Waals surface area contributed by atoms with E-state index in [0.29, 0.717) is 0 Å². The van der Waals surface area contributed by atoms with Crippen molar-refractivity contribution in [2.24, 2.45) is 5.92 Å². The van der Waals surface area contributed by atoms with Crippen molar-refractivity contribution in [1.29, 1.82) is 5.26 Å². The van der Waals surface area contributed by atoms with Crippen LogP contribution in [0.3, 0.4) is 0 Å². The van der Waals surface area contributed by atoms with Gasteiger partial charge in [-0.3, -0.25) is 4.79 Å². The minimum atomic E-state index is -0.629. The smallest absolute Gasteiger partial charge is 0.237 e. The lowest BCUT2D eigenvalue weighted by atomic mass is 10.1. The molecule has 1 aromatic heterocycles. The molecule has 0 aliphatic rings. The van der Waals surface area contributed by atoms with Crippen molar-refractivity contribution in [3.63, 3.8) is 0 Å². The maximum absolute atomic E-state index is 11.5. The van der Waals surface area contributed by atoms with Crippen LogP contribution in [-0.4, -0.2) is 5.91 Å². The molecule has 0 saturated heterocycles. The van der Waals surface area contributed by atoms with Gasteiger partial charge < -0.3 is 9.73 Å². The number of hydrogen-bond acceptors (Lipinski definition) is 3. The van der Waals surface area contributed by atoms with Crippen LogP contribution in [0.4, 0.5) is 0 Å². The Kier molecular flexibility index (Phi) is 3.73. The average Bonchev–Trinajstić information content (AvgIpc) is 2.56. The molecule has 16 heavy (non-hydrogen) atoms. The number of aryl methyl sites for hydroxylation is 2. The van der Waals surface area contributed by atoms with E-state index in [1.165, 1.54) is 0 Å². The molecule has 1 rings (SSSR count). The maximum atomic E-state index is 11.5. The van der Waals surface area contributed by atoms with E-state index in [0.717, 1.165) is 17.1 Å². The summed E-state index contributed by atoms with van der Waals surface area (Å²) >= 11 is 0. The Morgan fingerprint density at radius 2 is 2.12 bits per heavy atom. The number of amides is 1. The van der Waals surface area contributed by atoms with Crippen LogP contribution < -0.4 is 5.32 Å². The number of nitrogens with zero attached hydrogens (tertiary/aromatic N) is 1. The fourth-order valence-corrected chi connectivity index (χ4v) is 1.56. The molecule has 1 heterocycles. The third-order valence-electron chi connectivity index (χ3n) is 2.49. The zero-order chi connectivity index (χ0) is 12.3. The van der Waals surface area contributed by atoms with Crippen molar-refractivity contribution in [3.05, 3.63) is 23.2 Å². The first-order valence-corrected chi connectivity index (χ1v) is 5.22. The van der Waals surface area contributed by atoms with Gasteiger partial charge in [-0.25, -0.2) is 0 Å². The van der Waals surface area contributed by atoms with E-state index >= 15 is 0 Å². The highest BCUT2D eigenvalue weighted by molar-refractivity contribution is 5.81. The van der Waals surface area contributed by atoms with Gasteiger partial charge in [0.2, 0.25) is 5.91 Å². The SMILES string of the molecule is Cc1cc(C(C)NC(=O)C(C)C#N)c(C)o1. The highest BCUT2D eigenvalue weighted by atomic mass is 16.3. The van der Waals surface area contributed by atoms with Gasteiger partial charge in [-0.1, -0.05) is 0 Å². The van der Waals surface area contributed by atoms with Crippen molar-refractivity contribution >= 4 is 5.91 Å². The summed E-state index contributed by atoms with van der Waals surface area (Å²) in [4.78, 5) is 11.5. The first kappa shape index (κ1) is 12.3. The standard InChI is InChI=1S/C12H16N2O2/c1-7(6-13)12(15)14-9(3)11-5-8(2)16-10(11)4/h5,7,9H,1-4H3,(H,14,15). The number of carbonyl (C=O) groups excluding carboxylic acids is 1. The summed E-state index contributed by atoms with van der Waals surface area (Å²) in [5.74, 6) is 0.737. The number of carbonyl (C=O) groups is 1. The Labute approximate surface area is 95.2 Å². The summed E-state index contributed by atoms with van der Waals surface area (Å²) in [7, 11) is 0. The first-order valence-electron chi connectivity index (χ1n) is 5.22. The molecule has 0 fully saturated rings. The van der Waals surface area contributed by atoms with Crippen LogP contribution >= 0.6 is 0 Å². The number of hydrogen-bond donors (Lipinski definition) is 1. The Hall–Kier alpha value is -1.76. The molecule has 1 N–H and O–H groups in total. The van der Waals surface area contributed by atoms with E-state index in [4.69, 9.17) is 9.68 Å². The minimum absolute atomic E-state index is 0.138. The molecular weight excluding hydrogens is 204 g/mol. The summed E-state index contributed by atoms with van der Waals surface area (Å²) in [6.45, 7) is 7.18. The van der Waals surface area contributed by atoms with Gasteiger partial charge in [-0.15, -0.1) is 0 Å². The lowest BCUT2D eigenvalue weighted by Crippen LogP contribution is -2.31. The maximum Gasteiger partial charge on any atom is 0.237 e. The molecular formula is C12H16N2O2. The monoisotopic (exact) mass is 220 g/mol. The predicted molar refractivity (Wildman–Crippen MR) is 59.5 cm³/mol. The Bertz CT molecular complexity index is 429. The molecule has 2 unspecified atom stereocenters. The number of furan rings is 1. The summed E-state index contributed by atoms with van der Waals surface area (Å²) in [6, 6.07) is 3.67. The second-order valence-corrected chi connectivity index (χ2v) is 3.95. The second-order valence-electron chi connectivity index (χ2n) is 3.95. The number of rotatable bonds is 3. The summed E-state index contributed by atoms with van der Waals surface area (Å²) in [5.41, 5.74) is 0.955. The van der Waals surface area contributed by atoms with Crippen LogP contribution in [-0.2, 0) is 4.79 Å². The fourth-order valence-electron chi connectivity index (χ4n) is 1.56. The summed E-state index contributed by atoms with van der Waals surface area (Å²) in [5, 5.41) is 11.4. The highest BCUT2D eigenvalue weighted by Gasteiger charge is 2.18. The largest absolute Gasteiger partial charge is 0.466 e. The normalized spacial score (nSPS) is 13.9. The molecule has 0 spiro atoms. The molecule has 2 atom stereocenters. The number of nitrogens with one attached hydrogen (secondary N) is 1. The highest BCUT2D eigenvalue weighted by Crippen LogP contribution is 2.21. The molecule has 86 valence electrons. The third kappa shape index (κ3) is 2.63. The van der Waals surface area contributed by atoms with Gasteiger partial charge in [0.1, 0.15) is 17.4 Å². The van der Waals surface area contributed by atoms with Gasteiger partial charge in [0, 0.05) is 5.56 Å². The Morgan fingerprint density at radius 3 is 2.56 bits per heavy atom. The van der Waals surface area contributed by atoms with Gasteiger partial charge in [-0.05, 0) is 33.8 Å². The van der Waals surface area contributed by atoms with Crippen LogP contribution in [0.15, 0.2) is 10.5 Å². The molecule has 1 aromatic rings. The fraction of sp³-hybridized carbons (Fsp3) is 0.500. The second kappa shape index (κ2) is 4.84. The zero-order valence-corrected chi connectivity index (χ0v) is 10.00. The lowest BCUT2D eigenvalue weighted by Gasteiger charge is -2.13. The van der Waals surface area contributed by atoms with Gasteiger partial charge in [0.05, 0.1) is 12.1 Å². The predicted octanol–water partition coefficient (Wildman–Crippen LogP) is 2.23. The molecule has 4 heteroatoms. The van der Waals surface area contributed by atoms with Crippen molar-refractivity contribution in [2.45, 2.75) is 33.7 Å². The molecule has 0 aromatic carbocycles. The molecule has 0 saturated carbocycles. The van der Waals surface area contributed by atoms with Crippen LogP contribution in [0.2, 0.25) is 0 Å². The molecule has 4 nitrogen and oxygen atoms in total. The van der Waals surface area contributed by atoms with Crippen molar-refractivity contribution in [2.75, 3.05) is 0 Å². The quantitative estimate of drug-likeness (QED) is 0.849. The van der Waals surface area contributed by atoms with E-state index in [9.17, 15) is 4.79 Å².